The first kappa shape index (κ1) is 22.1. The van der Waals surface area contributed by atoms with Crippen LogP contribution in [0.2, 0.25) is 0 Å². The molecule has 0 N–H and O–H groups in total. The van der Waals surface area contributed by atoms with Crippen LogP contribution in [0, 0.1) is 13.8 Å². The lowest BCUT2D eigenvalue weighted by Crippen LogP contribution is -2.32. The van der Waals surface area contributed by atoms with E-state index in [0.29, 0.717) is 17.5 Å². The van der Waals surface area contributed by atoms with Crippen molar-refractivity contribution in [3.63, 3.8) is 0 Å². The molecule has 39 heavy (non-hydrogen) atoms. The summed E-state index contributed by atoms with van der Waals surface area (Å²) in [6.45, 7) is 12.6. The molecule has 2 heterocycles. The van der Waals surface area contributed by atoms with E-state index in [1.807, 2.05) is 26.0 Å². The average molecular weight is 518 g/mol. The number of imidazole rings is 1. The fraction of sp³-hybridized carbons (Fsp3) is 0.333. The van der Waals surface area contributed by atoms with Gasteiger partial charge in [-0.25, -0.2) is 4.57 Å². The van der Waals surface area contributed by atoms with E-state index < -0.39 is 12.3 Å². The summed E-state index contributed by atoms with van der Waals surface area (Å²) in [6, 6.07) is 23.4. The Kier molecular flexibility index (Phi) is 5.06. The second-order valence-electron chi connectivity index (χ2n) is 12.0. The van der Waals surface area contributed by atoms with Gasteiger partial charge in [-0.15, -0.1) is 0 Å². The Morgan fingerprint density at radius 2 is 1.51 bits per heavy atom. The zero-order valence-electron chi connectivity index (χ0n) is 27.3. The third kappa shape index (κ3) is 3.62. The number of aromatic nitrogens is 3. The van der Waals surface area contributed by atoms with Gasteiger partial charge in [0.2, 0.25) is 0 Å². The van der Waals surface area contributed by atoms with Crippen molar-refractivity contribution >= 4 is 11.0 Å². The van der Waals surface area contributed by atoms with Crippen LogP contribution in [-0.2, 0) is 12.5 Å². The number of nitrogens with zero attached hydrogens (tertiary/aromatic N) is 3. The number of aryl methyl sites for hydroxylation is 3. The predicted molar refractivity (Wildman–Crippen MR) is 163 cm³/mol. The van der Waals surface area contributed by atoms with Crippen molar-refractivity contribution in [1.82, 2.24) is 9.55 Å². The maximum absolute atomic E-state index is 8.93. The number of rotatable bonds is 4. The van der Waals surface area contributed by atoms with Crippen LogP contribution < -0.4 is 4.57 Å². The molecule has 0 radical (unpaired) electrons. The van der Waals surface area contributed by atoms with Crippen molar-refractivity contribution in [3.8, 4) is 28.2 Å². The molecule has 0 bridgehead atoms. The minimum absolute atomic E-state index is 0.296. The first-order valence-electron chi connectivity index (χ1n) is 15.5. The van der Waals surface area contributed by atoms with Gasteiger partial charge in [0.05, 0.1) is 18.3 Å². The molecule has 0 fully saturated rings. The number of hydrogen-bond donors (Lipinski definition) is 0. The maximum Gasteiger partial charge on any atom is 0.295 e. The van der Waals surface area contributed by atoms with E-state index in [1.54, 1.807) is 0 Å². The van der Waals surface area contributed by atoms with Crippen molar-refractivity contribution < 1.29 is 8.68 Å². The molecular formula is C36H40N3+. The van der Waals surface area contributed by atoms with Gasteiger partial charge in [-0.05, 0) is 60.6 Å². The van der Waals surface area contributed by atoms with Crippen LogP contribution in [0.15, 0.2) is 66.7 Å². The third-order valence-electron chi connectivity index (χ3n) is 8.52. The van der Waals surface area contributed by atoms with Crippen LogP contribution in [0.4, 0.5) is 0 Å². The van der Waals surface area contributed by atoms with Gasteiger partial charge in [-0.3, -0.25) is 4.98 Å². The molecule has 3 aromatic carbocycles. The molecule has 198 valence electrons. The van der Waals surface area contributed by atoms with Gasteiger partial charge in [0.15, 0.2) is 11.0 Å². The first-order chi connectivity index (χ1) is 19.8. The van der Waals surface area contributed by atoms with Crippen molar-refractivity contribution in [3.05, 3.63) is 100 Å². The van der Waals surface area contributed by atoms with Gasteiger partial charge in [0.25, 0.3) is 5.82 Å². The molecule has 0 saturated heterocycles. The molecule has 6 rings (SSSR count). The van der Waals surface area contributed by atoms with Crippen molar-refractivity contribution in [1.29, 1.82) is 0 Å². The highest BCUT2D eigenvalue weighted by atomic mass is 15.2. The summed E-state index contributed by atoms with van der Waals surface area (Å²) >= 11 is 0. The Labute approximate surface area is 237 Å². The van der Waals surface area contributed by atoms with E-state index in [-0.39, 0.29) is 0 Å². The summed E-state index contributed by atoms with van der Waals surface area (Å²) in [7, 11) is 2.11. The Hall–Kier alpha value is -3.72. The molecule has 1 atom stereocenters. The molecule has 3 heteroatoms. The summed E-state index contributed by atoms with van der Waals surface area (Å²) in [5.74, 6) is 1.58. The van der Waals surface area contributed by atoms with Crippen LogP contribution >= 0.6 is 0 Å². The molecule has 1 aliphatic rings. The Bertz CT molecular complexity index is 1850. The molecule has 0 aliphatic heterocycles. The lowest BCUT2D eigenvalue weighted by atomic mass is 9.80. The topological polar surface area (TPSA) is 21.7 Å². The van der Waals surface area contributed by atoms with Crippen LogP contribution in [0.1, 0.15) is 91.1 Å². The highest BCUT2D eigenvalue weighted by molar-refractivity contribution is 5.89. The summed E-state index contributed by atoms with van der Waals surface area (Å²) < 4.78 is 31.4. The van der Waals surface area contributed by atoms with Crippen LogP contribution in [0.5, 0.6) is 0 Å². The summed E-state index contributed by atoms with van der Waals surface area (Å²) in [5.41, 5.74) is 10.8. The van der Waals surface area contributed by atoms with Crippen molar-refractivity contribution in [2.45, 2.75) is 72.6 Å². The molecule has 0 amide bonds. The molecule has 5 aromatic rings. The van der Waals surface area contributed by atoms with E-state index >= 15 is 0 Å². The quantitative estimate of drug-likeness (QED) is 0.219. The molecular weight excluding hydrogens is 474 g/mol. The largest absolute Gasteiger partial charge is 0.295 e. The fourth-order valence-electron chi connectivity index (χ4n) is 6.60. The van der Waals surface area contributed by atoms with Gasteiger partial charge in [0.1, 0.15) is 5.69 Å². The van der Waals surface area contributed by atoms with E-state index in [1.165, 1.54) is 16.8 Å². The number of pyridine rings is 1. The number of para-hydroxylation sites is 3. The fourth-order valence-corrected chi connectivity index (χ4v) is 6.60. The van der Waals surface area contributed by atoms with Gasteiger partial charge >= 0.3 is 0 Å². The standard InChI is InChI=1S/C36H40N3/c1-21(2)25-13-12-14-26(22(3)4)33(25)39-30-16-11-10-15-29(30)38(9)35(39)31-23(5)17-19-27-28-20-18-24(6)37-34(28)36(7,8)32(27)31/h10-22H,1-9H3/q+1/i7D3. The zero-order chi connectivity index (χ0) is 30.3. The molecule has 2 aromatic heterocycles. The van der Waals surface area contributed by atoms with Crippen molar-refractivity contribution in [2.24, 2.45) is 7.05 Å². The van der Waals surface area contributed by atoms with Gasteiger partial charge < -0.3 is 0 Å². The first-order valence-corrected chi connectivity index (χ1v) is 14.0. The van der Waals surface area contributed by atoms with Crippen LogP contribution in [-0.4, -0.2) is 9.55 Å². The molecule has 3 nitrogen and oxygen atoms in total. The molecule has 0 spiro atoms. The lowest BCUT2D eigenvalue weighted by Gasteiger charge is -2.24. The molecule has 0 saturated carbocycles. The average Bonchev–Trinajstić information content (AvgIpc) is 3.37. The van der Waals surface area contributed by atoms with E-state index in [2.05, 4.69) is 105 Å². The zero-order valence-corrected chi connectivity index (χ0v) is 24.3. The Morgan fingerprint density at radius 1 is 0.846 bits per heavy atom. The molecule has 1 unspecified atom stereocenters. The SMILES string of the molecule is [2H]C([2H])([2H])C1(C)c2nc(C)ccc2-c2ccc(C)c(-c3n(-c4c(C(C)C)cccc4C(C)C)c4ccccc4[n+]3C)c21. The van der Waals surface area contributed by atoms with Crippen LogP contribution in [0.25, 0.3) is 39.2 Å². The third-order valence-corrected chi connectivity index (χ3v) is 8.52. The van der Waals surface area contributed by atoms with Gasteiger partial charge in [0, 0.05) is 31.9 Å². The number of fused-ring (bicyclic) bond motifs is 4. The van der Waals surface area contributed by atoms with Crippen LogP contribution in [0.3, 0.4) is 0 Å². The highest BCUT2D eigenvalue weighted by Crippen LogP contribution is 2.52. The van der Waals surface area contributed by atoms with Gasteiger partial charge in [-0.2, -0.15) is 4.57 Å². The summed E-state index contributed by atoms with van der Waals surface area (Å²) in [4.78, 5) is 4.90. The summed E-state index contributed by atoms with van der Waals surface area (Å²) in [5, 5.41) is 0. The van der Waals surface area contributed by atoms with E-state index in [0.717, 1.165) is 50.4 Å². The number of hydrogen-bond acceptors (Lipinski definition) is 1. The van der Waals surface area contributed by atoms with E-state index in [9.17, 15) is 0 Å². The normalized spacial score (nSPS) is 17.8. The monoisotopic (exact) mass is 517 g/mol. The summed E-state index contributed by atoms with van der Waals surface area (Å²) in [6.07, 6.45) is 0. The van der Waals surface area contributed by atoms with Crippen molar-refractivity contribution in [2.75, 3.05) is 0 Å². The predicted octanol–water partition coefficient (Wildman–Crippen LogP) is 8.69. The highest BCUT2D eigenvalue weighted by Gasteiger charge is 2.43. The Balaban J connectivity index is 1.85. The minimum atomic E-state index is -2.31. The minimum Gasteiger partial charge on any atom is -0.257 e. The Morgan fingerprint density at radius 3 is 2.18 bits per heavy atom. The van der Waals surface area contributed by atoms with E-state index in [4.69, 9.17) is 9.10 Å². The number of benzene rings is 3. The maximum atomic E-state index is 8.93. The van der Waals surface area contributed by atoms with Gasteiger partial charge in [-0.1, -0.05) is 90.0 Å². The molecule has 1 aliphatic carbocycles. The smallest absolute Gasteiger partial charge is 0.257 e. The second-order valence-corrected chi connectivity index (χ2v) is 12.0. The lowest BCUT2D eigenvalue weighted by molar-refractivity contribution is -0.633. The second kappa shape index (κ2) is 8.91.